The second-order valence-corrected chi connectivity index (χ2v) is 12.3. The highest BCUT2D eigenvalue weighted by molar-refractivity contribution is 5.98. The normalized spacial score (nSPS) is 13.2. The van der Waals surface area contributed by atoms with Crippen molar-refractivity contribution in [1.82, 2.24) is 10.3 Å². The van der Waals surface area contributed by atoms with Gasteiger partial charge in [0.25, 0.3) is 5.91 Å². The fourth-order valence-corrected chi connectivity index (χ4v) is 5.18. The first-order chi connectivity index (χ1) is 25.1. The van der Waals surface area contributed by atoms with Crippen LogP contribution in [0.4, 0.5) is 0 Å². The molecule has 0 bridgehead atoms. The average Bonchev–Trinajstić information content (AvgIpc) is 3.15. The predicted molar refractivity (Wildman–Crippen MR) is 190 cm³/mol. The molecular formula is C40H44N2O10. The number of nitrogens with one attached hydrogen (secondary N) is 1. The lowest BCUT2D eigenvalue weighted by molar-refractivity contribution is -0.181. The molecule has 0 aliphatic rings. The van der Waals surface area contributed by atoms with Crippen molar-refractivity contribution >= 4 is 23.8 Å². The Morgan fingerprint density at radius 2 is 1.31 bits per heavy atom. The SMILES string of the molecule is COc1ccnc(C(=O)NC(COCc2ccccc2)C(=O)O[C@@H](C)C(OC(=O)C(C)C)[C@@H](Cc2ccccc2)C(=O)OCc2ccccc2)c1O. The summed E-state index contributed by atoms with van der Waals surface area (Å²) in [6, 6.07) is 27.4. The molecule has 0 aliphatic heterocycles. The number of methoxy groups -OCH3 is 1. The molecule has 2 unspecified atom stereocenters. The van der Waals surface area contributed by atoms with E-state index in [-0.39, 0.29) is 37.7 Å². The fourth-order valence-electron chi connectivity index (χ4n) is 5.18. The monoisotopic (exact) mass is 712 g/mol. The summed E-state index contributed by atoms with van der Waals surface area (Å²) >= 11 is 0. The number of ether oxygens (including phenoxy) is 5. The molecule has 0 saturated heterocycles. The van der Waals surface area contributed by atoms with Crippen molar-refractivity contribution < 1.29 is 48.0 Å². The largest absolute Gasteiger partial charge is 0.503 e. The van der Waals surface area contributed by atoms with Crippen molar-refractivity contribution in [2.24, 2.45) is 11.8 Å². The summed E-state index contributed by atoms with van der Waals surface area (Å²) in [5, 5.41) is 13.1. The minimum atomic E-state index is -1.41. The van der Waals surface area contributed by atoms with Crippen LogP contribution in [0.1, 0.15) is 48.0 Å². The molecule has 12 heteroatoms. The standard InChI is InChI=1S/C40H44N2O10/c1-26(2)38(45)52-36(31(22-28-14-8-5-9-15-28)39(46)50-24-30-18-12-7-13-19-30)27(3)51-40(47)32(25-49-23-29-16-10-6-11-17-29)42-37(44)34-35(43)33(48-4)20-21-41-34/h5-21,26-27,31-32,36,43H,22-25H2,1-4H3,(H,42,44)/t27-,31+,32?,36?/m0/s1. The Kier molecular flexibility index (Phi) is 14.7. The van der Waals surface area contributed by atoms with Gasteiger partial charge in [-0.3, -0.25) is 14.4 Å². The van der Waals surface area contributed by atoms with E-state index in [0.29, 0.717) is 0 Å². The van der Waals surface area contributed by atoms with Crippen molar-refractivity contribution in [1.29, 1.82) is 0 Å². The summed E-state index contributed by atoms with van der Waals surface area (Å²) in [4.78, 5) is 58.0. The van der Waals surface area contributed by atoms with Gasteiger partial charge in [0, 0.05) is 12.3 Å². The van der Waals surface area contributed by atoms with E-state index in [0.717, 1.165) is 16.7 Å². The number of esters is 3. The van der Waals surface area contributed by atoms with Crippen LogP contribution >= 0.6 is 0 Å². The molecule has 52 heavy (non-hydrogen) atoms. The van der Waals surface area contributed by atoms with E-state index in [2.05, 4.69) is 10.3 Å². The number of aromatic hydroxyl groups is 1. The van der Waals surface area contributed by atoms with E-state index in [4.69, 9.17) is 23.7 Å². The molecule has 0 spiro atoms. The number of hydrogen-bond acceptors (Lipinski definition) is 11. The summed E-state index contributed by atoms with van der Waals surface area (Å²) in [6.45, 7) is 4.54. The zero-order chi connectivity index (χ0) is 37.5. The smallest absolute Gasteiger partial charge is 0.331 e. The van der Waals surface area contributed by atoms with Crippen LogP contribution in [0.2, 0.25) is 0 Å². The number of carbonyl (C=O) groups is 4. The van der Waals surface area contributed by atoms with Crippen LogP contribution in [0.3, 0.4) is 0 Å². The molecule has 1 aromatic heterocycles. The molecule has 0 saturated carbocycles. The minimum absolute atomic E-state index is 0.00615. The van der Waals surface area contributed by atoms with E-state index in [1.165, 1.54) is 26.3 Å². The van der Waals surface area contributed by atoms with Crippen LogP contribution in [0.5, 0.6) is 11.5 Å². The van der Waals surface area contributed by atoms with Gasteiger partial charge >= 0.3 is 17.9 Å². The summed E-state index contributed by atoms with van der Waals surface area (Å²) in [6.07, 6.45) is -1.11. The summed E-state index contributed by atoms with van der Waals surface area (Å²) in [5.41, 5.74) is 1.95. The molecule has 1 heterocycles. The Balaban J connectivity index is 1.61. The van der Waals surface area contributed by atoms with Gasteiger partial charge in [0.2, 0.25) is 0 Å². The van der Waals surface area contributed by atoms with Gasteiger partial charge in [0.1, 0.15) is 18.6 Å². The zero-order valence-electron chi connectivity index (χ0n) is 29.6. The van der Waals surface area contributed by atoms with Gasteiger partial charge < -0.3 is 34.1 Å². The van der Waals surface area contributed by atoms with Gasteiger partial charge in [-0.2, -0.15) is 0 Å². The van der Waals surface area contributed by atoms with Crippen molar-refractivity contribution in [3.8, 4) is 11.5 Å². The van der Waals surface area contributed by atoms with Gasteiger partial charge in [0.15, 0.2) is 29.3 Å². The van der Waals surface area contributed by atoms with E-state index >= 15 is 0 Å². The molecule has 4 atom stereocenters. The number of pyridine rings is 1. The van der Waals surface area contributed by atoms with Crippen molar-refractivity contribution in [2.45, 2.75) is 58.7 Å². The van der Waals surface area contributed by atoms with Crippen molar-refractivity contribution in [3.63, 3.8) is 0 Å². The van der Waals surface area contributed by atoms with Crippen molar-refractivity contribution in [2.75, 3.05) is 13.7 Å². The number of benzene rings is 3. The molecule has 12 nitrogen and oxygen atoms in total. The van der Waals surface area contributed by atoms with Gasteiger partial charge in [-0.15, -0.1) is 0 Å². The van der Waals surface area contributed by atoms with E-state index < -0.39 is 59.7 Å². The highest BCUT2D eigenvalue weighted by Gasteiger charge is 2.40. The highest BCUT2D eigenvalue weighted by Crippen LogP contribution is 2.28. The summed E-state index contributed by atoms with van der Waals surface area (Å²) in [7, 11) is 1.32. The number of nitrogens with zero attached hydrogens (tertiary/aromatic N) is 1. The number of hydrogen-bond donors (Lipinski definition) is 2. The first kappa shape index (κ1) is 39.0. The van der Waals surface area contributed by atoms with Gasteiger partial charge in [-0.25, -0.2) is 9.78 Å². The third-order valence-electron chi connectivity index (χ3n) is 8.02. The first-order valence-corrected chi connectivity index (χ1v) is 16.9. The van der Waals surface area contributed by atoms with E-state index in [1.54, 1.807) is 13.8 Å². The van der Waals surface area contributed by atoms with Gasteiger partial charge in [-0.1, -0.05) is 105 Å². The van der Waals surface area contributed by atoms with Gasteiger partial charge in [-0.05, 0) is 30.0 Å². The highest BCUT2D eigenvalue weighted by atomic mass is 16.6. The van der Waals surface area contributed by atoms with Crippen molar-refractivity contribution in [3.05, 3.63) is 126 Å². The maximum atomic E-state index is 13.9. The molecule has 0 radical (unpaired) electrons. The molecule has 274 valence electrons. The minimum Gasteiger partial charge on any atom is -0.503 e. The van der Waals surface area contributed by atoms with Crippen LogP contribution in [0.15, 0.2) is 103 Å². The third-order valence-corrected chi connectivity index (χ3v) is 8.02. The Morgan fingerprint density at radius 3 is 1.88 bits per heavy atom. The fraction of sp³-hybridized carbons (Fsp3) is 0.325. The topological polar surface area (TPSA) is 160 Å². The van der Waals surface area contributed by atoms with Crippen LogP contribution in [-0.2, 0) is 53.0 Å². The summed E-state index contributed by atoms with van der Waals surface area (Å²) in [5.74, 6) is -5.29. The van der Waals surface area contributed by atoms with Crippen LogP contribution in [-0.4, -0.2) is 65.9 Å². The predicted octanol–water partition coefficient (Wildman–Crippen LogP) is 5.21. The summed E-state index contributed by atoms with van der Waals surface area (Å²) < 4.78 is 28.4. The molecule has 2 N–H and O–H groups in total. The lowest BCUT2D eigenvalue weighted by atomic mass is 9.90. The quantitative estimate of drug-likeness (QED) is 0.103. The van der Waals surface area contributed by atoms with E-state index in [9.17, 15) is 24.3 Å². The lowest BCUT2D eigenvalue weighted by Crippen LogP contribution is -2.49. The number of rotatable bonds is 18. The molecular weight excluding hydrogens is 668 g/mol. The zero-order valence-corrected chi connectivity index (χ0v) is 29.6. The maximum Gasteiger partial charge on any atom is 0.331 e. The molecule has 0 fully saturated rings. The Labute approximate surface area is 303 Å². The Hall–Kier alpha value is -5.75. The van der Waals surface area contributed by atoms with Crippen LogP contribution in [0.25, 0.3) is 0 Å². The average molecular weight is 713 g/mol. The first-order valence-electron chi connectivity index (χ1n) is 16.9. The second-order valence-electron chi connectivity index (χ2n) is 12.3. The number of aromatic nitrogens is 1. The molecule has 3 aromatic carbocycles. The van der Waals surface area contributed by atoms with Gasteiger partial charge in [0.05, 0.1) is 26.2 Å². The Morgan fingerprint density at radius 1 is 0.731 bits per heavy atom. The maximum absolute atomic E-state index is 13.9. The van der Waals surface area contributed by atoms with Crippen LogP contribution in [0, 0.1) is 11.8 Å². The lowest BCUT2D eigenvalue weighted by Gasteiger charge is -2.31. The molecule has 4 aromatic rings. The molecule has 4 rings (SSSR count). The Bertz CT molecular complexity index is 1750. The number of amides is 1. The van der Waals surface area contributed by atoms with E-state index in [1.807, 2.05) is 91.0 Å². The number of carbonyl (C=O) groups excluding carboxylic acids is 4. The second kappa shape index (κ2) is 19.6. The molecule has 1 amide bonds. The third kappa shape index (κ3) is 11.4. The van der Waals surface area contributed by atoms with Crippen LogP contribution < -0.4 is 10.1 Å². The molecule has 0 aliphatic carbocycles.